The third kappa shape index (κ3) is 2.40. The van der Waals surface area contributed by atoms with Crippen LogP contribution in [-0.4, -0.2) is 34.3 Å². The standard InChI is InChI=1S/C9H11ClN4O2/c10-8-2-1-7(6-12-8)5-9-11-3-4-13(9)14(15)16/h1-2,6,9,11H,3-5H2. The van der Waals surface area contributed by atoms with Crippen LogP contribution in [0.1, 0.15) is 5.56 Å². The summed E-state index contributed by atoms with van der Waals surface area (Å²) >= 11 is 5.66. The van der Waals surface area contributed by atoms with E-state index in [1.807, 2.05) is 6.07 Å². The summed E-state index contributed by atoms with van der Waals surface area (Å²) in [6, 6.07) is 3.51. The Morgan fingerprint density at radius 2 is 2.50 bits per heavy atom. The highest BCUT2D eigenvalue weighted by Crippen LogP contribution is 2.12. The van der Waals surface area contributed by atoms with Crippen LogP contribution in [0.5, 0.6) is 0 Å². The largest absolute Gasteiger partial charge is 0.290 e. The minimum Gasteiger partial charge on any atom is -0.290 e. The lowest BCUT2D eigenvalue weighted by Crippen LogP contribution is -2.41. The van der Waals surface area contributed by atoms with Gasteiger partial charge < -0.3 is 0 Å². The normalized spacial score (nSPS) is 20.1. The molecule has 1 saturated heterocycles. The van der Waals surface area contributed by atoms with Gasteiger partial charge in [-0.3, -0.25) is 5.32 Å². The van der Waals surface area contributed by atoms with Gasteiger partial charge in [0.05, 0.1) is 6.54 Å². The van der Waals surface area contributed by atoms with Crippen molar-refractivity contribution in [3.63, 3.8) is 0 Å². The molecule has 2 heterocycles. The highest BCUT2D eigenvalue weighted by molar-refractivity contribution is 6.29. The van der Waals surface area contributed by atoms with Gasteiger partial charge in [-0.05, 0) is 11.6 Å². The molecule has 86 valence electrons. The van der Waals surface area contributed by atoms with Gasteiger partial charge in [0.1, 0.15) is 11.3 Å². The lowest BCUT2D eigenvalue weighted by Gasteiger charge is -2.16. The van der Waals surface area contributed by atoms with E-state index in [0.717, 1.165) is 5.56 Å². The Bertz CT molecular complexity index is 384. The van der Waals surface area contributed by atoms with Crippen LogP contribution in [0.25, 0.3) is 0 Å². The average Bonchev–Trinajstić information content (AvgIpc) is 2.69. The molecule has 6 nitrogen and oxygen atoms in total. The fraction of sp³-hybridized carbons (Fsp3) is 0.444. The Balaban J connectivity index is 2.03. The summed E-state index contributed by atoms with van der Waals surface area (Å²) in [6.45, 7) is 1.06. The summed E-state index contributed by atoms with van der Waals surface area (Å²) in [4.78, 5) is 14.7. The lowest BCUT2D eigenvalue weighted by molar-refractivity contribution is -0.659. The molecule has 0 spiro atoms. The number of aromatic nitrogens is 1. The third-order valence-corrected chi connectivity index (χ3v) is 2.73. The summed E-state index contributed by atoms with van der Waals surface area (Å²) in [6.07, 6.45) is 1.92. The molecule has 1 fully saturated rings. The van der Waals surface area contributed by atoms with Crippen molar-refractivity contribution in [3.05, 3.63) is 39.2 Å². The molecule has 7 heteroatoms. The van der Waals surface area contributed by atoms with Gasteiger partial charge in [-0.15, -0.1) is 5.01 Å². The molecule has 0 aliphatic carbocycles. The number of nitro groups is 1. The maximum Gasteiger partial charge on any atom is 0.161 e. The lowest BCUT2D eigenvalue weighted by atomic mass is 10.2. The van der Waals surface area contributed by atoms with Gasteiger partial charge in [-0.1, -0.05) is 17.7 Å². The van der Waals surface area contributed by atoms with Crippen molar-refractivity contribution in [2.75, 3.05) is 13.1 Å². The van der Waals surface area contributed by atoms with Crippen molar-refractivity contribution >= 4 is 11.6 Å². The van der Waals surface area contributed by atoms with Crippen LogP contribution in [0.15, 0.2) is 18.3 Å². The molecular formula is C9H11ClN4O2. The second kappa shape index (κ2) is 4.63. The van der Waals surface area contributed by atoms with E-state index in [-0.39, 0.29) is 11.2 Å². The molecule has 1 aliphatic rings. The first-order chi connectivity index (χ1) is 7.66. The van der Waals surface area contributed by atoms with E-state index in [9.17, 15) is 10.1 Å². The van der Waals surface area contributed by atoms with E-state index < -0.39 is 0 Å². The molecule has 1 aliphatic heterocycles. The number of nitrogens with zero attached hydrogens (tertiary/aromatic N) is 3. The van der Waals surface area contributed by atoms with Crippen molar-refractivity contribution < 1.29 is 5.03 Å². The van der Waals surface area contributed by atoms with Gasteiger partial charge in [0.15, 0.2) is 5.03 Å². The minimum atomic E-state index is -0.367. The van der Waals surface area contributed by atoms with Gasteiger partial charge in [-0.25, -0.2) is 15.1 Å². The summed E-state index contributed by atoms with van der Waals surface area (Å²) in [5.74, 6) is 0. The molecule has 0 saturated carbocycles. The summed E-state index contributed by atoms with van der Waals surface area (Å²) in [5.41, 5.74) is 0.927. The van der Waals surface area contributed by atoms with Crippen LogP contribution >= 0.6 is 11.6 Å². The third-order valence-electron chi connectivity index (χ3n) is 2.51. The molecule has 0 bridgehead atoms. The molecule has 16 heavy (non-hydrogen) atoms. The number of hydrogen-bond acceptors (Lipinski definition) is 4. The molecule has 1 N–H and O–H groups in total. The number of nitrogens with one attached hydrogen (secondary N) is 1. The number of halogens is 1. The zero-order chi connectivity index (χ0) is 11.5. The van der Waals surface area contributed by atoms with Crippen LogP contribution in [0.3, 0.4) is 0 Å². The second-order valence-electron chi connectivity index (χ2n) is 3.56. The molecule has 1 aromatic rings. The zero-order valence-corrected chi connectivity index (χ0v) is 9.22. The maximum absolute atomic E-state index is 10.7. The van der Waals surface area contributed by atoms with Gasteiger partial charge in [0.25, 0.3) is 0 Å². The van der Waals surface area contributed by atoms with Crippen molar-refractivity contribution in [2.45, 2.75) is 12.6 Å². The molecular weight excluding hydrogens is 232 g/mol. The Hall–Kier alpha value is -1.40. The van der Waals surface area contributed by atoms with Gasteiger partial charge in [-0.2, -0.15) is 0 Å². The predicted octanol–water partition coefficient (Wildman–Crippen LogP) is 0.700. The molecule has 0 aromatic carbocycles. The quantitative estimate of drug-likeness (QED) is 0.480. The van der Waals surface area contributed by atoms with Gasteiger partial charge in [0, 0.05) is 19.2 Å². The van der Waals surface area contributed by atoms with E-state index in [1.165, 1.54) is 5.01 Å². The first-order valence-corrected chi connectivity index (χ1v) is 5.29. The highest BCUT2D eigenvalue weighted by Gasteiger charge is 2.31. The van der Waals surface area contributed by atoms with Crippen molar-refractivity contribution in [1.29, 1.82) is 0 Å². The summed E-state index contributed by atoms with van der Waals surface area (Å²) < 4.78 is 0. The van der Waals surface area contributed by atoms with Crippen molar-refractivity contribution in [1.82, 2.24) is 15.3 Å². The second-order valence-corrected chi connectivity index (χ2v) is 3.95. The number of rotatable bonds is 3. The van der Waals surface area contributed by atoms with Crippen LogP contribution in [0, 0.1) is 10.1 Å². The molecule has 0 amide bonds. The number of hydrogen-bond donors (Lipinski definition) is 1. The highest BCUT2D eigenvalue weighted by atomic mass is 35.5. The zero-order valence-electron chi connectivity index (χ0n) is 8.47. The monoisotopic (exact) mass is 242 g/mol. The van der Waals surface area contributed by atoms with Crippen LogP contribution in [0.2, 0.25) is 5.15 Å². The SMILES string of the molecule is O=[N+]([O-])N1CCNC1Cc1ccc(Cl)nc1. The molecule has 1 atom stereocenters. The van der Waals surface area contributed by atoms with Gasteiger partial charge in [0.2, 0.25) is 0 Å². The molecule has 1 unspecified atom stereocenters. The fourth-order valence-corrected chi connectivity index (χ4v) is 1.84. The Morgan fingerprint density at radius 3 is 3.12 bits per heavy atom. The smallest absolute Gasteiger partial charge is 0.161 e. The summed E-state index contributed by atoms with van der Waals surface area (Å²) in [5, 5.41) is 15.0. The van der Waals surface area contributed by atoms with E-state index >= 15 is 0 Å². The predicted molar refractivity (Wildman–Crippen MR) is 58.4 cm³/mol. The molecule has 2 rings (SSSR count). The topological polar surface area (TPSA) is 71.3 Å². The van der Waals surface area contributed by atoms with Crippen molar-refractivity contribution in [3.8, 4) is 0 Å². The van der Waals surface area contributed by atoms with Crippen molar-refractivity contribution in [2.24, 2.45) is 0 Å². The summed E-state index contributed by atoms with van der Waals surface area (Å²) in [7, 11) is 0. The van der Waals surface area contributed by atoms with E-state index in [0.29, 0.717) is 24.7 Å². The first-order valence-electron chi connectivity index (χ1n) is 4.91. The molecule has 1 aromatic heterocycles. The minimum absolute atomic E-state index is 0.266. The van der Waals surface area contributed by atoms with E-state index in [2.05, 4.69) is 10.3 Å². The number of hydrazine groups is 1. The fourth-order valence-electron chi connectivity index (χ4n) is 1.73. The van der Waals surface area contributed by atoms with Crippen LogP contribution < -0.4 is 5.32 Å². The maximum atomic E-state index is 10.7. The Labute approximate surface area is 97.3 Å². The van der Waals surface area contributed by atoms with Gasteiger partial charge >= 0.3 is 0 Å². The Kier molecular flexibility index (Phi) is 3.21. The average molecular weight is 243 g/mol. The van der Waals surface area contributed by atoms with E-state index in [1.54, 1.807) is 12.3 Å². The van der Waals surface area contributed by atoms with E-state index in [4.69, 9.17) is 11.6 Å². The van der Waals surface area contributed by atoms with Crippen LogP contribution in [0.4, 0.5) is 0 Å². The molecule has 0 radical (unpaired) electrons. The number of pyridine rings is 1. The van der Waals surface area contributed by atoms with Crippen LogP contribution in [-0.2, 0) is 6.42 Å². The Morgan fingerprint density at radius 1 is 1.69 bits per heavy atom. The first kappa shape index (κ1) is 11.1.